The number of halogens is 1. The van der Waals surface area contributed by atoms with Crippen molar-refractivity contribution >= 4 is 12.4 Å². The van der Waals surface area contributed by atoms with E-state index in [1.165, 1.54) is 0 Å². The molecule has 0 saturated carbocycles. The molecule has 0 aromatic heterocycles. The van der Waals surface area contributed by atoms with Crippen molar-refractivity contribution in [3.05, 3.63) is 0 Å². The Morgan fingerprint density at radius 2 is 2.00 bits per heavy atom. The summed E-state index contributed by atoms with van der Waals surface area (Å²) >= 11 is 0. The summed E-state index contributed by atoms with van der Waals surface area (Å²) in [6.07, 6.45) is 0. The first kappa shape index (κ1) is 11.1. The lowest BCUT2D eigenvalue weighted by atomic mass is 10.2. The molecule has 0 aliphatic heterocycles. The molecule has 0 amide bonds. The molecular formula is C5H14ClNO. The van der Waals surface area contributed by atoms with E-state index >= 15 is 0 Å². The van der Waals surface area contributed by atoms with Crippen molar-refractivity contribution in [3.8, 4) is 0 Å². The van der Waals surface area contributed by atoms with Crippen molar-refractivity contribution in [2.24, 2.45) is 5.92 Å². The topological polar surface area (TPSA) is 21.3 Å². The normalized spacial score (nSPS) is 9.00. The van der Waals surface area contributed by atoms with Crippen molar-refractivity contribution in [3.63, 3.8) is 0 Å². The second kappa shape index (κ2) is 7.21. The van der Waals surface area contributed by atoms with E-state index in [0.717, 1.165) is 6.61 Å². The third-order valence-corrected chi connectivity index (χ3v) is 0.561. The zero-order valence-corrected chi connectivity index (χ0v) is 6.42. The van der Waals surface area contributed by atoms with Crippen LogP contribution in [0.4, 0.5) is 0 Å². The average molecular weight is 140 g/mol. The molecule has 52 valence electrons. The van der Waals surface area contributed by atoms with Crippen LogP contribution in [0.3, 0.4) is 0 Å². The zero-order chi connectivity index (χ0) is 5.70. The van der Waals surface area contributed by atoms with Gasteiger partial charge in [-0.2, -0.15) is 0 Å². The summed E-state index contributed by atoms with van der Waals surface area (Å²) in [5, 5.41) is 0. The Morgan fingerprint density at radius 3 is 2.12 bits per heavy atom. The van der Waals surface area contributed by atoms with Gasteiger partial charge in [0, 0.05) is 7.05 Å². The van der Waals surface area contributed by atoms with E-state index in [1.807, 2.05) is 0 Å². The molecule has 0 radical (unpaired) electrons. The lowest BCUT2D eigenvalue weighted by Gasteiger charge is -2.01. The molecule has 1 N–H and O–H groups in total. The maximum absolute atomic E-state index is 4.84. The largest absolute Gasteiger partial charge is 0.302 e. The molecule has 0 bridgehead atoms. The minimum absolute atomic E-state index is 0. The van der Waals surface area contributed by atoms with Gasteiger partial charge in [0.1, 0.15) is 0 Å². The van der Waals surface area contributed by atoms with Crippen LogP contribution in [0.25, 0.3) is 0 Å². The van der Waals surface area contributed by atoms with Crippen LogP contribution >= 0.6 is 12.4 Å². The van der Waals surface area contributed by atoms with Crippen LogP contribution in [0.5, 0.6) is 0 Å². The Kier molecular flexibility index (Phi) is 9.97. The highest BCUT2D eigenvalue weighted by atomic mass is 35.5. The summed E-state index contributed by atoms with van der Waals surface area (Å²) in [5.41, 5.74) is 2.60. The molecule has 0 unspecified atom stereocenters. The van der Waals surface area contributed by atoms with Crippen LogP contribution in [0.2, 0.25) is 0 Å². The van der Waals surface area contributed by atoms with Crippen molar-refractivity contribution in [1.29, 1.82) is 0 Å². The molecule has 2 nitrogen and oxygen atoms in total. The molecule has 0 rings (SSSR count). The van der Waals surface area contributed by atoms with Crippen molar-refractivity contribution in [2.75, 3.05) is 13.7 Å². The van der Waals surface area contributed by atoms with Gasteiger partial charge in [0.15, 0.2) is 0 Å². The smallest absolute Gasteiger partial charge is 0.0704 e. The van der Waals surface area contributed by atoms with E-state index in [-0.39, 0.29) is 12.4 Å². The molecule has 0 atom stereocenters. The van der Waals surface area contributed by atoms with Gasteiger partial charge in [0.05, 0.1) is 6.61 Å². The highest BCUT2D eigenvalue weighted by Gasteiger charge is 1.88. The van der Waals surface area contributed by atoms with E-state index in [9.17, 15) is 0 Å². The second-order valence-corrected chi connectivity index (χ2v) is 1.91. The highest BCUT2D eigenvalue weighted by molar-refractivity contribution is 5.85. The summed E-state index contributed by atoms with van der Waals surface area (Å²) in [5.74, 6) is 0.618. The fourth-order valence-electron chi connectivity index (χ4n) is 0.250. The lowest BCUT2D eigenvalue weighted by molar-refractivity contribution is 0.0392. The van der Waals surface area contributed by atoms with Crippen molar-refractivity contribution < 1.29 is 4.84 Å². The van der Waals surface area contributed by atoms with Gasteiger partial charge in [-0.15, -0.1) is 12.4 Å². The van der Waals surface area contributed by atoms with E-state index < -0.39 is 0 Å². The summed E-state index contributed by atoms with van der Waals surface area (Å²) in [6, 6.07) is 0. The van der Waals surface area contributed by atoms with Crippen LogP contribution in [0.1, 0.15) is 13.8 Å². The fourth-order valence-corrected chi connectivity index (χ4v) is 0.250. The fraction of sp³-hybridized carbons (Fsp3) is 1.00. The molecule has 0 spiro atoms. The molecule has 0 aliphatic carbocycles. The van der Waals surface area contributed by atoms with Gasteiger partial charge in [-0.05, 0) is 5.92 Å². The molecule has 3 heteroatoms. The van der Waals surface area contributed by atoms with Crippen LogP contribution in [-0.4, -0.2) is 13.7 Å². The van der Waals surface area contributed by atoms with Crippen molar-refractivity contribution in [2.45, 2.75) is 13.8 Å². The van der Waals surface area contributed by atoms with E-state index in [1.54, 1.807) is 7.05 Å². The molecule has 0 aromatic carbocycles. The van der Waals surface area contributed by atoms with Gasteiger partial charge in [0.2, 0.25) is 0 Å². The predicted octanol–water partition coefficient (Wildman–Crippen LogP) is 1.22. The zero-order valence-electron chi connectivity index (χ0n) is 5.60. The summed E-state index contributed by atoms with van der Waals surface area (Å²) in [7, 11) is 1.77. The summed E-state index contributed by atoms with van der Waals surface area (Å²) < 4.78 is 0. The summed E-state index contributed by atoms with van der Waals surface area (Å²) in [4.78, 5) is 4.84. The van der Waals surface area contributed by atoms with Crippen LogP contribution in [-0.2, 0) is 4.84 Å². The van der Waals surface area contributed by atoms with Gasteiger partial charge in [-0.25, -0.2) is 5.48 Å². The van der Waals surface area contributed by atoms with E-state index in [0.29, 0.717) is 5.92 Å². The lowest BCUT2D eigenvalue weighted by Crippen LogP contribution is -2.11. The molecule has 0 heterocycles. The predicted molar refractivity (Wildman–Crippen MR) is 37.1 cm³/mol. The molecule has 8 heavy (non-hydrogen) atoms. The van der Waals surface area contributed by atoms with Crippen LogP contribution in [0, 0.1) is 5.92 Å². The Morgan fingerprint density at radius 1 is 1.50 bits per heavy atom. The van der Waals surface area contributed by atoms with E-state index in [2.05, 4.69) is 19.3 Å². The molecule has 0 saturated heterocycles. The average Bonchev–Trinajstić information content (AvgIpc) is 1.61. The standard InChI is InChI=1S/C5H13NO.ClH/c1-5(2)4-7-6-3;/h5-6H,4H2,1-3H3;1H. The molecule has 0 fully saturated rings. The Hall–Kier alpha value is 0.210. The Balaban J connectivity index is 0. The Labute approximate surface area is 57.0 Å². The SMILES string of the molecule is CNOCC(C)C.Cl. The molecule has 0 aliphatic rings. The first-order valence-corrected chi connectivity index (χ1v) is 2.56. The van der Waals surface area contributed by atoms with Gasteiger partial charge in [-0.1, -0.05) is 13.8 Å². The maximum atomic E-state index is 4.84. The monoisotopic (exact) mass is 139 g/mol. The molecular weight excluding hydrogens is 126 g/mol. The summed E-state index contributed by atoms with van der Waals surface area (Å²) in [6.45, 7) is 5.01. The number of hydrogen-bond donors (Lipinski definition) is 1. The van der Waals surface area contributed by atoms with Crippen LogP contribution < -0.4 is 5.48 Å². The second-order valence-electron chi connectivity index (χ2n) is 1.91. The minimum atomic E-state index is 0. The number of rotatable bonds is 3. The molecule has 0 aromatic rings. The van der Waals surface area contributed by atoms with Crippen LogP contribution in [0.15, 0.2) is 0 Å². The van der Waals surface area contributed by atoms with Gasteiger partial charge < -0.3 is 4.84 Å². The third kappa shape index (κ3) is 9.51. The van der Waals surface area contributed by atoms with Gasteiger partial charge >= 0.3 is 0 Å². The maximum Gasteiger partial charge on any atom is 0.0704 e. The number of hydrogen-bond acceptors (Lipinski definition) is 2. The third-order valence-electron chi connectivity index (χ3n) is 0.561. The highest BCUT2D eigenvalue weighted by Crippen LogP contribution is 1.88. The van der Waals surface area contributed by atoms with Gasteiger partial charge in [-0.3, -0.25) is 0 Å². The minimum Gasteiger partial charge on any atom is -0.302 e. The number of hydroxylamine groups is 1. The first-order valence-electron chi connectivity index (χ1n) is 2.56. The Bertz CT molecular complexity index is 41.4. The van der Waals surface area contributed by atoms with Gasteiger partial charge in [0.25, 0.3) is 0 Å². The quantitative estimate of drug-likeness (QED) is 0.594. The first-order chi connectivity index (χ1) is 3.27. The van der Waals surface area contributed by atoms with Crippen molar-refractivity contribution in [1.82, 2.24) is 5.48 Å². The van der Waals surface area contributed by atoms with E-state index in [4.69, 9.17) is 4.84 Å². The number of nitrogens with one attached hydrogen (secondary N) is 1.